The van der Waals surface area contributed by atoms with Crippen LogP contribution in [0.4, 0.5) is 0 Å². The zero-order chi connectivity index (χ0) is 14.8. The van der Waals surface area contributed by atoms with E-state index in [1.54, 1.807) is 19.9 Å². The normalized spacial score (nSPS) is 11.2. The summed E-state index contributed by atoms with van der Waals surface area (Å²) in [6, 6.07) is 3.02. The smallest absolute Gasteiger partial charge is 0.329 e. The van der Waals surface area contributed by atoms with E-state index in [1.807, 2.05) is 0 Å². The van der Waals surface area contributed by atoms with Crippen LogP contribution in [0.1, 0.15) is 36.8 Å². The Hall–Kier alpha value is -2.11. The van der Waals surface area contributed by atoms with Crippen LogP contribution in [0.15, 0.2) is 16.9 Å². The highest BCUT2D eigenvalue weighted by Gasteiger charge is 2.37. The van der Waals surface area contributed by atoms with Crippen molar-refractivity contribution < 1.29 is 14.7 Å². The number of aliphatic carboxylic acids is 1. The molecule has 0 aliphatic rings. The van der Waals surface area contributed by atoms with Gasteiger partial charge in [0, 0.05) is 12.2 Å². The van der Waals surface area contributed by atoms with Crippen molar-refractivity contribution in [1.29, 1.82) is 0 Å². The van der Waals surface area contributed by atoms with Crippen molar-refractivity contribution in [2.24, 2.45) is 0 Å². The summed E-state index contributed by atoms with van der Waals surface area (Å²) in [6.07, 6.45) is 0. The molecule has 0 fully saturated rings. The molecule has 0 saturated heterocycles. The first-order valence-corrected chi connectivity index (χ1v) is 5.97. The molecule has 0 radical (unpaired) electrons. The van der Waals surface area contributed by atoms with Crippen molar-refractivity contribution in [2.75, 3.05) is 6.54 Å². The number of aromatic amines is 1. The van der Waals surface area contributed by atoms with Gasteiger partial charge in [0.2, 0.25) is 0 Å². The lowest BCUT2D eigenvalue weighted by Gasteiger charge is -2.34. The molecular weight excluding hydrogens is 248 g/mol. The van der Waals surface area contributed by atoms with Crippen LogP contribution < -0.4 is 5.56 Å². The summed E-state index contributed by atoms with van der Waals surface area (Å²) >= 11 is 0. The number of rotatable bonds is 4. The second kappa shape index (κ2) is 5.26. The molecule has 0 aliphatic carbocycles. The number of hydrogen-bond acceptors (Lipinski definition) is 3. The molecule has 1 heterocycles. The van der Waals surface area contributed by atoms with Gasteiger partial charge in [-0.05, 0) is 39.8 Å². The van der Waals surface area contributed by atoms with Crippen molar-refractivity contribution >= 4 is 11.9 Å². The first kappa shape index (κ1) is 14.9. The van der Waals surface area contributed by atoms with Crippen LogP contribution in [0.25, 0.3) is 0 Å². The van der Waals surface area contributed by atoms with Gasteiger partial charge in [0.05, 0.1) is 0 Å². The number of nitrogens with zero attached hydrogens (tertiary/aromatic N) is 1. The highest BCUT2D eigenvalue weighted by molar-refractivity contribution is 5.97. The van der Waals surface area contributed by atoms with Crippen molar-refractivity contribution in [3.05, 3.63) is 33.7 Å². The second-order valence-corrected chi connectivity index (χ2v) is 4.80. The minimum absolute atomic E-state index is 0.0539. The molecule has 1 aromatic heterocycles. The minimum atomic E-state index is -1.37. The van der Waals surface area contributed by atoms with Crippen LogP contribution in [-0.2, 0) is 4.79 Å². The number of carboxylic acid groups (broad SMARTS) is 1. The first-order chi connectivity index (χ1) is 8.71. The molecule has 104 valence electrons. The molecule has 19 heavy (non-hydrogen) atoms. The van der Waals surface area contributed by atoms with E-state index in [1.165, 1.54) is 19.9 Å². The van der Waals surface area contributed by atoms with Gasteiger partial charge in [0.25, 0.3) is 11.5 Å². The fourth-order valence-corrected chi connectivity index (χ4v) is 1.79. The average molecular weight is 266 g/mol. The summed E-state index contributed by atoms with van der Waals surface area (Å²) in [5, 5.41) is 9.17. The number of nitrogens with one attached hydrogen (secondary N) is 1. The summed E-state index contributed by atoms with van der Waals surface area (Å²) in [5.41, 5.74) is -1.29. The summed E-state index contributed by atoms with van der Waals surface area (Å²) < 4.78 is 0. The molecule has 0 spiro atoms. The number of amides is 1. The van der Waals surface area contributed by atoms with E-state index in [0.717, 1.165) is 4.90 Å². The van der Waals surface area contributed by atoms with Gasteiger partial charge in [-0.2, -0.15) is 0 Å². The Morgan fingerprint density at radius 3 is 2.37 bits per heavy atom. The highest BCUT2D eigenvalue weighted by atomic mass is 16.4. The van der Waals surface area contributed by atoms with Crippen LogP contribution in [0.2, 0.25) is 0 Å². The standard InChI is InChI=1S/C13H18N2O4/c1-5-15(13(3,4)12(18)19)11(17)9-7-6-8(2)14-10(9)16/h6-7H,5H2,1-4H3,(H,14,16)(H,18,19). The molecule has 0 aliphatic heterocycles. The Morgan fingerprint density at radius 2 is 1.95 bits per heavy atom. The van der Waals surface area contributed by atoms with Gasteiger partial charge in [-0.15, -0.1) is 0 Å². The Bertz CT molecular complexity index is 560. The van der Waals surface area contributed by atoms with Crippen molar-refractivity contribution in [1.82, 2.24) is 9.88 Å². The molecule has 0 atom stereocenters. The fraction of sp³-hybridized carbons (Fsp3) is 0.462. The number of carbonyl (C=O) groups excluding carboxylic acids is 1. The number of hydrogen-bond donors (Lipinski definition) is 2. The molecule has 2 N–H and O–H groups in total. The Labute approximate surface area is 111 Å². The second-order valence-electron chi connectivity index (χ2n) is 4.80. The van der Waals surface area contributed by atoms with Gasteiger partial charge in [-0.3, -0.25) is 9.59 Å². The Kier molecular flexibility index (Phi) is 4.14. The SMILES string of the molecule is CCN(C(=O)c1ccc(C)[nH]c1=O)C(C)(C)C(=O)O. The lowest BCUT2D eigenvalue weighted by Crippen LogP contribution is -2.53. The molecule has 6 heteroatoms. The number of aryl methyl sites for hydroxylation is 1. The monoisotopic (exact) mass is 266 g/mol. The average Bonchev–Trinajstić information content (AvgIpc) is 2.28. The molecule has 0 bridgehead atoms. The molecular formula is C13H18N2O4. The van der Waals surface area contributed by atoms with Crippen LogP contribution >= 0.6 is 0 Å². The maximum Gasteiger partial charge on any atom is 0.329 e. The molecule has 1 aromatic rings. The maximum absolute atomic E-state index is 12.3. The topological polar surface area (TPSA) is 90.5 Å². The van der Waals surface area contributed by atoms with Gasteiger partial charge in [0.15, 0.2) is 0 Å². The Morgan fingerprint density at radius 1 is 1.37 bits per heavy atom. The van der Waals surface area contributed by atoms with E-state index >= 15 is 0 Å². The van der Waals surface area contributed by atoms with E-state index in [0.29, 0.717) is 5.69 Å². The van der Waals surface area contributed by atoms with Gasteiger partial charge in [-0.1, -0.05) is 0 Å². The predicted molar refractivity (Wildman–Crippen MR) is 70.2 cm³/mol. The van der Waals surface area contributed by atoms with E-state index in [4.69, 9.17) is 0 Å². The number of carbonyl (C=O) groups is 2. The van der Waals surface area contributed by atoms with E-state index in [9.17, 15) is 19.5 Å². The zero-order valence-electron chi connectivity index (χ0n) is 11.5. The first-order valence-electron chi connectivity index (χ1n) is 5.97. The van der Waals surface area contributed by atoms with Gasteiger partial charge < -0.3 is 15.0 Å². The number of aromatic nitrogens is 1. The van der Waals surface area contributed by atoms with Crippen molar-refractivity contribution in [3.8, 4) is 0 Å². The van der Waals surface area contributed by atoms with Gasteiger partial charge >= 0.3 is 5.97 Å². The van der Waals surface area contributed by atoms with Gasteiger partial charge in [-0.25, -0.2) is 4.79 Å². The van der Waals surface area contributed by atoms with Crippen molar-refractivity contribution in [3.63, 3.8) is 0 Å². The van der Waals surface area contributed by atoms with Crippen molar-refractivity contribution in [2.45, 2.75) is 33.2 Å². The molecule has 6 nitrogen and oxygen atoms in total. The summed E-state index contributed by atoms with van der Waals surface area (Å²) in [4.78, 5) is 39.0. The van der Waals surface area contributed by atoms with E-state index in [-0.39, 0.29) is 12.1 Å². The zero-order valence-corrected chi connectivity index (χ0v) is 11.5. The third kappa shape index (κ3) is 2.83. The van der Waals surface area contributed by atoms with E-state index < -0.39 is 23.0 Å². The van der Waals surface area contributed by atoms with Crippen LogP contribution in [0.3, 0.4) is 0 Å². The Balaban J connectivity index is 3.23. The highest BCUT2D eigenvalue weighted by Crippen LogP contribution is 2.17. The van der Waals surface area contributed by atoms with Crippen LogP contribution in [0, 0.1) is 6.92 Å². The number of pyridine rings is 1. The summed E-state index contributed by atoms with van der Waals surface area (Å²) in [7, 11) is 0. The molecule has 1 amide bonds. The lowest BCUT2D eigenvalue weighted by molar-refractivity contribution is -0.147. The number of H-pyrrole nitrogens is 1. The van der Waals surface area contributed by atoms with Crippen LogP contribution in [-0.4, -0.2) is 39.0 Å². The predicted octanol–water partition coefficient (Wildman–Crippen LogP) is 1.01. The quantitative estimate of drug-likeness (QED) is 0.851. The molecule has 0 unspecified atom stereocenters. The lowest BCUT2D eigenvalue weighted by atomic mass is 10.0. The van der Waals surface area contributed by atoms with Gasteiger partial charge in [0.1, 0.15) is 11.1 Å². The summed E-state index contributed by atoms with van der Waals surface area (Å²) in [6.45, 7) is 6.43. The minimum Gasteiger partial charge on any atom is -0.480 e. The van der Waals surface area contributed by atoms with E-state index in [2.05, 4.69) is 4.98 Å². The molecule has 1 rings (SSSR count). The number of likely N-dealkylation sites (N-methyl/N-ethyl adjacent to an activating group) is 1. The van der Waals surface area contributed by atoms with Crippen LogP contribution in [0.5, 0.6) is 0 Å². The molecule has 0 aromatic carbocycles. The number of carboxylic acids is 1. The third-order valence-electron chi connectivity index (χ3n) is 3.05. The maximum atomic E-state index is 12.3. The largest absolute Gasteiger partial charge is 0.480 e. The molecule has 0 saturated carbocycles. The third-order valence-corrected chi connectivity index (χ3v) is 3.05. The summed E-state index contributed by atoms with van der Waals surface area (Å²) in [5.74, 6) is -1.71. The fourth-order valence-electron chi connectivity index (χ4n) is 1.79.